The van der Waals surface area contributed by atoms with Gasteiger partial charge in [-0.05, 0) is 24.4 Å². The zero-order chi connectivity index (χ0) is 13.2. The Hall–Kier alpha value is -1.29. The van der Waals surface area contributed by atoms with Gasteiger partial charge in [0.2, 0.25) is 0 Å². The van der Waals surface area contributed by atoms with E-state index in [1.165, 1.54) is 12.1 Å². The van der Waals surface area contributed by atoms with Crippen LogP contribution in [-0.4, -0.2) is 26.2 Å². The van der Waals surface area contributed by atoms with Crippen LogP contribution in [0.15, 0.2) is 18.2 Å². The van der Waals surface area contributed by atoms with Crippen LogP contribution in [0.1, 0.15) is 20.3 Å². The molecule has 1 atom stereocenters. The molecule has 1 saturated heterocycles. The van der Waals surface area contributed by atoms with E-state index in [1.807, 2.05) is 6.07 Å². The van der Waals surface area contributed by atoms with Gasteiger partial charge in [0.25, 0.3) is 0 Å². The lowest BCUT2D eigenvalue weighted by atomic mass is 9.80. The summed E-state index contributed by atoms with van der Waals surface area (Å²) in [4.78, 5) is 0. The molecule has 1 aromatic carbocycles. The van der Waals surface area contributed by atoms with Gasteiger partial charge in [-0.3, -0.25) is 0 Å². The fraction of sp³-hybridized carbons (Fsp3) is 0.571. The van der Waals surface area contributed by atoms with E-state index in [-0.39, 0.29) is 11.2 Å². The van der Waals surface area contributed by atoms with Gasteiger partial charge in [0.05, 0.1) is 7.11 Å². The fourth-order valence-electron chi connectivity index (χ4n) is 2.40. The highest BCUT2D eigenvalue weighted by atomic mass is 19.1. The maximum Gasteiger partial charge on any atom is 0.128 e. The number of ether oxygens (including phenoxy) is 1. The number of benzene rings is 1. The number of rotatable bonds is 3. The summed E-state index contributed by atoms with van der Waals surface area (Å²) in [5.74, 6) is 0.271. The van der Waals surface area contributed by atoms with E-state index in [2.05, 4.69) is 24.5 Å². The van der Waals surface area contributed by atoms with Crippen LogP contribution in [0.2, 0.25) is 0 Å². The summed E-state index contributed by atoms with van der Waals surface area (Å²) >= 11 is 0. The Balaban J connectivity index is 2.15. The molecule has 1 fully saturated rings. The predicted octanol–water partition coefficient (Wildman–Crippen LogP) is 2.63. The quantitative estimate of drug-likeness (QED) is 0.867. The first kappa shape index (κ1) is 13.1. The van der Waals surface area contributed by atoms with Gasteiger partial charge in [0, 0.05) is 30.4 Å². The van der Waals surface area contributed by atoms with Gasteiger partial charge < -0.3 is 15.4 Å². The van der Waals surface area contributed by atoms with Crippen molar-refractivity contribution < 1.29 is 9.13 Å². The van der Waals surface area contributed by atoms with E-state index in [1.54, 1.807) is 7.11 Å². The summed E-state index contributed by atoms with van der Waals surface area (Å²) in [6, 6.07) is 5.07. The minimum Gasteiger partial charge on any atom is -0.497 e. The molecule has 0 aliphatic carbocycles. The minimum absolute atomic E-state index is 0.151. The zero-order valence-electron chi connectivity index (χ0n) is 11.2. The van der Waals surface area contributed by atoms with Crippen molar-refractivity contribution in [1.82, 2.24) is 5.32 Å². The second-order valence-electron chi connectivity index (χ2n) is 5.53. The second-order valence-corrected chi connectivity index (χ2v) is 5.53. The van der Waals surface area contributed by atoms with Crippen LogP contribution in [0.25, 0.3) is 0 Å². The van der Waals surface area contributed by atoms with Crippen LogP contribution in [0.3, 0.4) is 0 Å². The van der Waals surface area contributed by atoms with Gasteiger partial charge >= 0.3 is 0 Å². The van der Waals surface area contributed by atoms with E-state index in [0.29, 0.717) is 11.8 Å². The molecule has 1 unspecified atom stereocenters. The lowest BCUT2D eigenvalue weighted by Gasteiger charge is -2.40. The van der Waals surface area contributed by atoms with Crippen LogP contribution in [-0.2, 0) is 0 Å². The van der Waals surface area contributed by atoms with E-state index >= 15 is 0 Å². The number of anilines is 1. The van der Waals surface area contributed by atoms with Crippen LogP contribution in [0, 0.1) is 11.2 Å². The summed E-state index contributed by atoms with van der Waals surface area (Å²) < 4.78 is 18.5. The van der Waals surface area contributed by atoms with Crippen molar-refractivity contribution in [3.05, 3.63) is 24.0 Å². The van der Waals surface area contributed by atoms with Gasteiger partial charge in [-0.15, -0.1) is 0 Å². The van der Waals surface area contributed by atoms with Crippen LogP contribution >= 0.6 is 0 Å². The Kier molecular flexibility index (Phi) is 3.76. The van der Waals surface area contributed by atoms with Gasteiger partial charge in [-0.2, -0.15) is 0 Å². The highest BCUT2D eigenvalue weighted by Crippen LogP contribution is 2.29. The average molecular weight is 252 g/mol. The molecule has 1 heterocycles. The molecule has 18 heavy (non-hydrogen) atoms. The Bertz CT molecular complexity index is 420. The van der Waals surface area contributed by atoms with Crippen molar-refractivity contribution in [2.45, 2.75) is 26.3 Å². The highest BCUT2D eigenvalue weighted by molar-refractivity contribution is 5.49. The van der Waals surface area contributed by atoms with E-state index in [4.69, 9.17) is 4.74 Å². The molecule has 0 radical (unpaired) electrons. The van der Waals surface area contributed by atoms with Crippen molar-refractivity contribution in [3.63, 3.8) is 0 Å². The van der Waals surface area contributed by atoms with Crippen molar-refractivity contribution in [2.75, 3.05) is 25.5 Å². The molecule has 2 N–H and O–H groups in total. The molecular weight excluding hydrogens is 231 g/mol. The van der Waals surface area contributed by atoms with Crippen LogP contribution in [0.5, 0.6) is 5.75 Å². The first-order valence-electron chi connectivity index (χ1n) is 6.33. The summed E-state index contributed by atoms with van der Waals surface area (Å²) in [5, 5.41) is 6.81. The first-order chi connectivity index (χ1) is 8.51. The van der Waals surface area contributed by atoms with Crippen molar-refractivity contribution in [1.29, 1.82) is 0 Å². The maximum atomic E-state index is 13.4. The lowest BCUT2D eigenvalue weighted by molar-refractivity contribution is 0.236. The van der Waals surface area contributed by atoms with Crippen LogP contribution < -0.4 is 15.4 Å². The van der Waals surface area contributed by atoms with E-state index < -0.39 is 0 Å². The summed E-state index contributed by atoms with van der Waals surface area (Å²) in [6.45, 7) is 6.39. The Morgan fingerprint density at radius 2 is 2.17 bits per heavy atom. The normalized spacial score (nSPS) is 22.6. The fourth-order valence-corrected chi connectivity index (χ4v) is 2.40. The highest BCUT2D eigenvalue weighted by Gasteiger charge is 2.32. The third-order valence-corrected chi connectivity index (χ3v) is 3.58. The third kappa shape index (κ3) is 2.93. The molecule has 3 nitrogen and oxygen atoms in total. The van der Waals surface area contributed by atoms with Gasteiger partial charge in [-0.1, -0.05) is 13.8 Å². The molecule has 0 aromatic heterocycles. The molecule has 0 amide bonds. The van der Waals surface area contributed by atoms with E-state index in [0.717, 1.165) is 25.2 Å². The van der Waals surface area contributed by atoms with Gasteiger partial charge in [-0.25, -0.2) is 4.39 Å². The maximum absolute atomic E-state index is 13.4. The number of piperidine rings is 1. The number of hydrogen-bond donors (Lipinski definition) is 2. The Labute approximate surface area is 108 Å². The van der Waals surface area contributed by atoms with Crippen LogP contribution in [0.4, 0.5) is 10.1 Å². The molecule has 0 bridgehead atoms. The standard InChI is InChI=1S/C14H21FN2O/c1-14(2)9-16-5-4-13(14)17-11-6-10(15)7-12(8-11)18-3/h6-8,13,16-17H,4-5,9H2,1-3H3. The van der Waals surface area contributed by atoms with E-state index in [9.17, 15) is 4.39 Å². The zero-order valence-corrected chi connectivity index (χ0v) is 11.2. The summed E-state index contributed by atoms with van der Waals surface area (Å²) in [5.41, 5.74) is 0.935. The number of nitrogens with one attached hydrogen (secondary N) is 2. The Morgan fingerprint density at radius 1 is 1.39 bits per heavy atom. The average Bonchev–Trinajstić information content (AvgIpc) is 2.31. The summed E-state index contributed by atoms with van der Waals surface area (Å²) in [7, 11) is 1.55. The largest absolute Gasteiger partial charge is 0.497 e. The smallest absolute Gasteiger partial charge is 0.128 e. The molecule has 0 saturated carbocycles. The minimum atomic E-state index is -0.274. The molecule has 4 heteroatoms. The van der Waals surface area contributed by atoms with Crippen molar-refractivity contribution in [3.8, 4) is 5.75 Å². The molecule has 1 aromatic rings. The number of hydrogen-bond acceptors (Lipinski definition) is 3. The third-order valence-electron chi connectivity index (χ3n) is 3.58. The number of methoxy groups -OCH3 is 1. The number of halogens is 1. The van der Waals surface area contributed by atoms with Crippen molar-refractivity contribution in [2.24, 2.45) is 5.41 Å². The Morgan fingerprint density at radius 3 is 2.83 bits per heavy atom. The lowest BCUT2D eigenvalue weighted by Crippen LogP contribution is -2.49. The second kappa shape index (κ2) is 5.14. The monoisotopic (exact) mass is 252 g/mol. The summed E-state index contributed by atoms with van der Waals surface area (Å²) in [6.07, 6.45) is 1.03. The molecule has 100 valence electrons. The predicted molar refractivity (Wildman–Crippen MR) is 71.6 cm³/mol. The molecular formula is C14H21FN2O. The molecule has 2 rings (SSSR count). The van der Waals surface area contributed by atoms with Gasteiger partial charge in [0.1, 0.15) is 11.6 Å². The topological polar surface area (TPSA) is 33.3 Å². The SMILES string of the molecule is COc1cc(F)cc(NC2CCNCC2(C)C)c1. The molecule has 0 spiro atoms. The first-order valence-corrected chi connectivity index (χ1v) is 6.33. The molecule has 1 aliphatic heterocycles. The molecule has 1 aliphatic rings. The van der Waals surface area contributed by atoms with Crippen molar-refractivity contribution >= 4 is 5.69 Å². The van der Waals surface area contributed by atoms with Gasteiger partial charge in [0.15, 0.2) is 0 Å².